The summed E-state index contributed by atoms with van der Waals surface area (Å²) in [5.74, 6) is 1.60. The van der Waals surface area contributed by atoms with Gasteiger partial charge in [0.2, 0.25) is 5.88 Å². The second kappa shape index (κ2) is 6.22. The molecule has 0 aliphatic heterocycles. The fourth-order valence-corrected chi connectivity index (χ4v) is 2.24. The van der Waals surface area contributed by atoms with Gasteiger partial charge in [-0.25, -0.2) is 4.98 Å². The van der Waals surface area contributed by atoms with Crippen LogP contribution in [-0.4, -0.2) is 28.1 Å². The molecule has 0 aliphatic rings. The molecule has 20 heavy (non-hydrogen) atoms. The Morgan fingerprint density at radius 1 is 1.25 bits per heavy atom. The first-order valence-electron chi connectivity index (χ1n) is 7.22. The molecule has 0 saturated carbocycles. The number of fused-ring (bicyclic) bond motifs is 1. The maximum atomic E-state index is 5.64. The van der Waals surface area contributed by atoms with Crippen LogP contribution in [0.15, 0.2) is 12.1 Å². The molecule has 0 aromatic carbocycles. The van der Waals surface area contributed by atoms with E-state index in [1.165, 1.54) is 0 Å². The number of hydrogen-bond acceptors (Lipinski definition) is 4. The standard InChI is InChI=1S/C15H24N4O/c1-4-20-13-6-5-11-14(19-13)18-12(17-11)7-8-15(2,3)9-10-16/h5-6H,4,7-10,16H2,1-3H3,(H,17,18,19). The molecule has 0 bridgehead atoms. The number of imidazole rings is 1. The molecule has 0 fully saturated rings. The molecule has 2 heterocycles. The number of ether oxygens (including phenoxy) is 1. The molecule has 0 amide bonds. The molecule has 0 atom stereocenters. The Labute approximate surface area is 119 Å². The van der Waals surface area contributed by atoms with Crippen LogP contribution in [0.1, 0.15) is 39.4 Å². The highest BCUT2D eigenvalue weighted by Gasteiger charge is 2.17. The van der Waals surface area contributed by atoms with Gasteiger partial charge in [-0.15, -0.1) is 0 Å². The molecule has 5 heteroatoms. The second-order valence-electron chi connectivity index (χ2n) is 5.84. The quantitative estimate of drug-likeness (QED) is 0.815. The van der Waals surface area contributed by atoms with Gasteiger partial charge >= 0.3 is 0 Å². The number of rotatable bonds is 7. The maximum absolute atomic E-state index is 5.64. The van der Waals surface area contributed by atoms with Gasteiger partial charge in [0, 0.05) is 12.5 Å². The third kappa shape index (κ3) is 3.70. The smallest absolute Gasteiger partial charge is 0.215 e. The molecule has 0 radical (unpaired) electrons. The zero-order valence-corrected chi connectivity index (χ0v) is 12.6. The minimum absolute atomic E-state index is 0.248. The maximum Gasteiger partial charge on any atom is 0.215 e. The molecule has 2 aromatic rings. The van der Waals surface area contributed by atoms with Gasteiger partial charge in [-0.1, -0.05) is 13.8 Å². The molecular weight excluding hydrogens is 252 g/mol. The third-order valence-corrected chi connectivity index (χ3v) is 3.52. The second-order valence-corrected chi connectivity index (χ2v) is 5.84. The lowest BCUT2D eigenvalue weighted by atomic mass is 9.84. The summed E-state index contributed by atoms with van der Waals surface area (Å²) in [5.41, 5.74) is 7.57. The van der Waals surface area contributed by atoms with E-state index < -0.39 is 0 Å². The number of hydrogen-bond donors (Lipinski definition) is 2. The molecule has 0 spiro atoms. The summed E-state index contributed by atoms with van der Waals surface area (Å²) in [6.07, 6.45) is 3.00. The van der Waals surface area contributed by atoms with Crippen molar-refractivity contribution < 1.29 is 4.74 Å². The van der Waals surface area contributed by atoms with Crippen molar-refractivity contribution in [2.75, 3.05) is 13.2 Å². The summed E-state index contributed by atoms with van der Waals surface area (Å²) >= 11 is 0. The van der Waals surface area contributed by atoms with Crippen molar-refractivity contribution in [3.8, 4) is 5.88 Å². The summed E-state index contributed by atoms with van der Waals surface area (Å²) in [4.78, 5) is 12.2. The summed E-state index contributed by atoms with van der Waals surface area (Å²) < 4.78 is 5.39. The minimum atomic E-state index is 0.248. The Morgan fingerprint density at radius 3 is 2.75 bits per heavy atom. The molecule has 0 unspecified atom stereocenters. The Morgan fingerprint density at radius 2 is 2.05 bits per heavy atom. The fraction of sp³-hybridized carbons (Fsp3) is 0.600. The van der Waals surface area contributed by atoms with Gasteiger partial charge in [-0.3, -0.25) is 0 Å². The lowest BCUT2D eigenvalue weighted by molar-refractivity contribution is 0.311. The van der Waals surface area contributed by atoms with Crippen LogP contribution in [0.25, 0.3) is 11.2 Å². The molecule has 5 nitrogen and oxygen atoms in total. The van der Waals surface area contributed by atoms with Gasteiger partial charge in [-0.2, -0.15) is 4.98 Å². The predicted octanol–water partition coefficient (Wildman–Crippen LogP) is 2.66. The minimum Gasteiger partial charge on any atom is -0.478 e. The highest BCUT2D eigenvalue weighted by Crippen LogP contribution is 2.26. The summed E-state index contributed by atoms with van der Waals surface area (Å²) in [6, 6.07) is 3.83. The number of aromatic amines is 1. The van der Waals surface area contributed by atoms with Crippen molar-refractivity contribution in [2.45, 2.75) is 40.0 Å². The van der Waals surface area contributed by atoms with Gasteiger partial charge in [0.25, 0.3) is 0 Å². The molecule has 110 valence electrons. The third-order valence-electron chi connectivity index (χ3n) is 3.52. The molecule has 0 saturated heterocycles. The number of H-pyrrole nitrogens is 1. The van der Waals surface area contributed by atoms with Crippen molar-refractivity contribution in [1.29, 1.82) is 0 Å². The van der Waals surface area contributed by atoms with Crippen molar-refractivity contribution in [3.63, 3.8) is 0 Å². The van der Waals surface area contributed by atoms with Crippen LogP contribution in [0.3, 0.4) is 0 Å². The Hall–Kier alpha value is -1.62. The van der Waals surface area contributed by atoms with E-state index >= 15 is 0 Å². The van der Waals surface area contributed by atoms with E-state index in [9.17, 15) is 0 Å². The zero-order valence-electron chi connectivity index (χ0n) is 12.6. The highest BCUT2D eigenvalue weighted by atomic mass is 16.5. The first kappa shape index (κ1) is 14.8. The van der Waals surface area contributed by atoms with Crippen molar-refractivity contribution in [3.05, 3.63) is 18.0 Å². The van der Waals surface area contributed by atoms with E-state index in [0.717, 1.165) is 42.8 Å². The van der Waals surface area contributed by atoms with Crippen LogP contribution in [0, 0.1) is 5.41 Å². The van der Waals surface area contributed by atoms with E-state index in [1.54, 1.807) is 0 Å². The monoisotopic (exact) mass is 276 g/mol. The predicted molar refractivity (Wildman–Crippen MR) is 80.8 cm³/mol. The number of aryl methyl sites for hydroxylation is 1. The first-order valence-corrected chi connectivity index (χ1v) is 7.22. The van der Waals surface area contributed by atoms with Crippen LogP contribution >= 0.6 is 0 Å². The lowest BCUT2D eigenvalue weighted by Gasteiger charge is -2.22. The molecule has 0 aliphatic carbocycles. The molecule has 2 rings (SSSR count). The topological polar surface area (TPSA) is 76.8 Å². The Kier molecular flexibility index (Phi) is 4.60. The van der Waals surface area contributed by atoms with E-state index in [4.69, 9.17) is 10.5 Å². The number of pyridine rings is 1. The molecule has 2 aromatic heterocycles. The van der Waals surface area contributed by atoms with E-state index in [-0.39, 0.29) is 5.41 Å². The van der Waals surface area contributed by atoms with E-state index in [0.29, 0.717) is 12.5 Å². The van der Waals surface area contributed by atoms with E-state index in [1.807, 2.05) is 19.1 Å². The summed E-state index contributed by atoms with van der Waals surface area (Å²) in [7, 11) is 0. The van der Waals surface area contributed by atoms with Crippen LogP contribution < -0.4 is 10.5 Å². The Balaban J connectivity index is 2.08. The largest absolute Gasteiger partial charge is 0.478 e. The zero-order chi connectivity index (χ0) is 14.6. The van der Waals surface area contributed by atoms with Gasteiger partial charge < -0.3 is 15.5 Å². The van der Waals surface area contributed by atoms with Crippen molar-refractivity contribution in [2.24, 2.45) is 11.1 Å². The lowest BCUT2D eigenvalue weighted by Crippen LogP contribution is -2.18. The average molecular weight is 276 g/mol. The summed E-state index contributed by atoms with van der Waals surface area (Å²) in [6.45, 7) is 7.78. The number of aromatic nitrogens is 3. The fourth-order valence-electron chi connectivity index (χ4n) is 2.24. The average Bonchev–Trinajstić information content (AvgIpc) is 2.79. The molecule has 3 N–H and O–H groups in total. The van der Waals surface area contributed by atoms with Gasteiger partial charge in [0.15, 0.2) is 5.65 Å². The number of nitrogens with zero attached hydrogens (tertiary/aromatic N) is 2. The van der Waals surface area contributed by atoms with Crippen LogP contribution in [0.4, 0.5) is 0 Å². The SMILES string of the molecule is CCOc1ccc2[nH]c(CCC(C)(C)CCN)nc2n1. The van der Waals surface area contributed by atoms with Gasteiger partial charge in [0.05, 0.1) is 12.1 Å². The van der Waals surface area contributed by atoms with Gasteiger partial charge in [0.1, 0.15) is 5.82 Å². The number of nitrogens with one attached hydrogen (secondary N) is 1. The van der Waals surface area contributed by atoms with Crippen molar-refractivity contribution >= 4 is 11.2 Å². The normalized spacial score (nSPS) is 12.0. The van der Waals surface area contributed by atoms with E-state index in [2.05, 4.69) is 28.8 Å². The van der Waals surface area contributed by atoms with Crippen LogP contribution in [0.2, 0.25) is 0 Å². The first-order chi connectivity index (χ1) is 9.54. The molecular formula is C15H24N4O. The highest BCUT2D eigenvalue weighted by molar-refractivity contribution is 5.71. The number of nitrogens with two attached hydrogens (primary N) is 1. The van der Waals surface area contributed by atoms with Crippen molar-refractivity contribution in [1.82, 2.24) is 15.0 Å². The van der Waals surface area contributed by atoms with Gasteiger partial charge in [-0.05, 0) is 37.8 Å². The van der Waals surface area contributed by atoms with Crippen LogP contribution in [0.5, 0.6) is 5.88 Å². The summed E-state index contributed by atoms with van der Waals surface area (Å²) in [5, 5.41) is 0. The van der Waals surface area contributed by atoms with Crippen LogP contribution in [-0.2, 0) is 6.42 Å². The Bertz CT molecular complexity index is 562.